The number of nitrogens with zero attached hydrogens (tertiary/aromatic N) is 2. The zero-order chi connectivity index (χ0) is 12.7. The quantitative estimate of drug-likeness (QED) is 0.728. The molecule has 0 bridgehead atoms. The van der Waals surface area contributed by atoms with Crippen LogP contribution >= 0.6 is 0 Å². The van der Waals surface area contributed by atoms with E-state index in [2.05, 4.69) is 51.9 Å². The maximum absolute atomic E-state index is 4.57. The molecule has 2 nitrogen and oxygen atoms in total. The van der Waals surface area contributed by atoms with E-state index in [4.69, 9.17) is 0 Å². The molecule has 90 valence electrons. The van der Waals surface area contributed by atoms with Crippen molar-refractivity contribution >= 4 is 0 Å². The molecule has 0 fully saturated rings. The minimum Gasteiger partial charge on any atom is -0.272 e. The van der Waals surface area contributed by atoms with Crippen molar-refractivity contribution in [2.75, 3.05) is 0 Å². The Morgan fingerprint density at radius 3 is 2.06 bits per heavy atom. The molecule has 2 heteroatoms. The van der Waals surface area contributed by atoms with Gasteiger partial charge in [-0.3, -0.25) is 4.68 Å². The first-order valence-corrected chi connectivity index (χ1v) is 6.00. The van der Waals surface area contributed by atoms with Crippen LogP contribution in [0.15, 0.2) is 12.1 Å². The highest BCUT2D eigenvalue weighted by atomic mass is 15.3. The standard InChI is InChI=1S/C15H20N2/c1-9-7-14(13(5)12(4)11(9)3)15-8-10(2)17(6)16-15/h7-8H,1-6H3. The van der Waals surface area contributed by atoms with Crippen molar-refractivity contribution in [2.24, 2.45) is 7.05 Å². The van der Waals surface area contributed by atoms with Crippen LogP contribution in [0.25, 0.3) is 11.3 Å². The molecule has 1 aromatic heterocycles. The van der Waals surface area contributed by atoms with Gasteiger partial charge in [0.15, 0.2) is 0 Å². The molecule has 0 radical (unpaired) electrons. The predicted octanol–water partition coefficient (Wildman–Crippen LogP) is 3.63. The lowest BCUT2D eigenvalue weighted by Crippen LogP contribution is -1.96. The first kappa shape index (κ1) is 11.9. The summed E-state index contributed by atoms with van der Waals surface area (Å²) in [5, 5.41) is 4.57. The molecule has 0 saturated heterocycles. The molecule has 2 aromatic rings. The lowest BCUT2D eigenvalue weighted by atomic mass is 9.93. The summed E-state index contributed by atoms with van der Waals surface area (Å²) in [4.78, 5) is 0. The van der Waals surface area contributed by atoms with Crippen LogP contribution in [0.1, 0.15) is 27.9 Å². The monoisotopic (exact) mass is 228 g/mol. The molecular formula is C15H20N2. The van der Waals surface area contributed by atoms with Crippen molar-refractivity contribution in [3.8, 4) is 11.3 Å². The second-order valence-corrected chi connectivity index (χ2v) is 4.91. The van der Waals surface area contributed by atoms with Gasteiger partial charge in [-0.05, 0) is 69.0 Å². The number of rotatable bonds is 1. The SMILES string of the molecule is Cc1cc(-c2cc(C)n(C)n2)c(C)c(C)c1C. The third kappa shape index (κ3) is 1.88. The summed E-state index contributed by atoms with van der Waals surface area (Å²) in [6, 6.07) is 4.40. The van der Waals surface area contributed by atoms with Gasteiger partial charge in [0.1, 0.15) is 0 Å². The van der Waals surface area contributed by atoms with Crippen LogP contribution in [0.5, 0.6) is 0 Å². The number of hydrogen-bond donors (Lipinski definition) is 0. The maximum Gasteiger partial charge on any atom is 0.0928 e. The molecule has 0 aliphatic heterocycles. The predicted molar refractivity (Wildman–Crippen MR) is 72.3 cm³/mol. The van der Waals surface area contributed by atoms with Crippen molar-refractivity contribution in [1.29, 1.82) is 0 Å². The molecule has 2 rings (SSSR count). The van der Waals surface area contributed by atoms with E-state index >= 15 is 0 Å². The van der Waals surface area contributed by atoms with Crippen molar-refractivity contribution in [1.82, 2.24) is 9.78 Å². The number of aryl methyl sites for hydroxylation is 3. The van der Waals surface area contributed by atoms with E-state index in [1.165, 1.54) is 33.5 Å². The van der Waals surface area contributed by atoms with Gasteiger partial charge in [0.05, 0.1) is 5.69 Å². The second-order valence-electron chi connectivity index (χ2n) is 4.91. The minimum atomic E-state index is 1.08. The van der Waals surface area contributed by atoms with Gasteiger partial charge >= 0.3 is 0 Å². The van der Waals surface area contributed by atoms with Gasteiger partial charge in [0.25, 0.3) is 0 Å². The third-order valence-electron chi connectivity index (χ3n) is 3.87. The molecule has 0 aliphatic rings. The molecule has 1 heterocycles. The van der Waals surface area contributed by atoms with Gasteiger partial charge in [-0.1, -0.05) is 0 Å². The average molecular weight is 228 g/mol. The van der Waals surface area contributed by atoms with Gasteiger partial charge in [-0.15, -0.1) is 0 Å². The largest absolute Gasteiger partial charge is 0.272 e. The number of benzene rings is 1. The fourth-order valence-electron chi connectivity index (χ4n) is 2.17. The molecule has 17 heavy (non-hydrogen) atoms. The smallest absolute Gasteiger partial charge is 0.0928 e. The summed E-state index contributed by atoms with van der Waals surface area (Å²) in [5.74, 6) is 0. The Morgan fingerprint density at radius 1 is 0.882 bits per heavy atom. The van der Waals surface area contributed by atoms with Gasteiger partial charge in [0, 0.05) is 18.3 Å². The Balaban J connectivity index is 2.68. The topological polar surface area (TPSA) is 17.8 Å². The van der Waals surface area contributed by atoms with E-state index in [1.54, 1.807) is 0 Å². The molecule has 0 spiro atoms. The van der Waals surface area contributed by atoms with Crippen LogP contribution in [-0.4, -0.2) is 9.78 Å². The Morgan fingerprint density at radius 2 is 1.53 bits per heavy atom. The summed E-state index contributed by atoms with van der Waals surface area (Å²) in [7, 11) is 1.99. The van der Waals surface area contributed by atoms with Gasteiger partial charge in [-0.25, -0.2) is 0 Å². The normalized spacial score (nSPS) is 10.9. The third-order valence-corrected chi connectivity index (χ3v) is 3.87. The highest BCUT2D eigenvalue weighted by Crippen LogP contribution is 2.29. The second kappa shape index (κ2) is 4.02. The van der Waals surface area contributed by atoms with Crippen molar-refractivity contribution in [2.45, 2.75) is 34.6 Å². The first-order valence-electron chi connectivity index (χ1n) is 6.00. The summed E-state index contributed by atoms with van der Waals surface area (Å²) >= 11 is 0. The van der Waals surface area contributed by atoms with Crippen LogP contribution in [0.2, 0.25) is 0 Å². The highest BCUT2D eigenvalue weighted by Gasteiger charge is 2.11. The Bertz CT molecular complexity index is 558. The Hall–Kier alpha value is -1.57. The molecular weight excluding hydrogens is 208 g/mol. The Kier molecular flexibility index (Phi) is 2.82. The average Bonchev–Trinajstić information content (AvgIpc) is 2.61. The zero-order valence-corrected chi connectivity index (χ0v) is 11.5. The summed E-state index contributed by atoms with van der Waals surface area (Å²) in [5.41, 5.74) is 8.97. The van der Waals surface area contributed by atoms with Crippen LogP contribution in [-0.2, 0) is 7.05 Å². The summed E-state index contributed by atoms with van der Waals surface area (Å²) in [6.45, 7) is 10.8. The van der Waals surface area contributed by atoms with Crippen LogP contribution in [0.3, 0.4) is 0 Å². The molecule has 0 aliphatic carbocycles. The van der Waals surface area contributed by atoms with Crippen LogP contribution in [0.4, 0.5) is 0 Å². The summed E-state index contributed by atoms with van der Waals surface area (Å²) < 4.78 is 1.93. The lowest BCUT2D eigenvalue weighted by Gasteiger charge is -2.12. The van der Waals surface area contributed by atoms with E-state index in [1.807, 2.05) is 11.7 Å². The molecule has 0 unspecified atom stereocenters. The van der Waals surface area contributed by atoms with Crippen LogP contribution in [0, 0.1) is 34.6 Å². The van der Waals surface area contributed by atoms with Crippen molar-refractivity contribution in [3.05, 3.63) is 40.1 Å². The number of hydrogen-bond acceptors (Lipinski definition) is 1. The van der Waals surface area contributed by atoms with Gasteiger partial charge < -0.3 is 0 Å². The molecule has 0 atom stereocenters. The Labute approximate surface area is 103 Å². The maximum atomic E-state index is 4.57. The van der Waals surface area contributed by atoms with Gasteiger partial charge in [0.2, 0.25) is 0 Å². The van der Waals surface area contributed by atoms with Crippen LogP contribution < -0.4 is 0 Å². The summed E-state index contributed by atoms with van der Waals surface area (Å²) in [6.07, 6.45) is 0. The molecule has 0 saturated carbocycles. The van der Waals surface area contributed by atoms with Gasteiger partial charge in [-0.2, -0.15) is 5.10 Å². The molecule has 0 amide bonds. The fourth-order valence-corrected chi connectivity index (χ4v) is 2.17. The fraction of sp³-hybridized carbons (Fsp3) is 0.400. The van der Waals surface area contributed by atoms with E-state index in [9.17, 15) is 0 Å². The molecule has 0 N–H and O–H groups in total. The van der Waals surface area contributed by atoms with Crippen molar-refractivity contribution < 1.29 is 0 Å². The molecule has 1 aromatic carbocycles. The first-order chi connectivity index (χ1) is 7.91. The van der Waals surface area contributed by atoms with Crippen molar-refractivity contribution in [3.63, 3.8) is 0 Å². The number of aromatic nitrogens is 2. The lowest BCUT2D eigenvalue weighted by molar-refractivity contribution is 0.742. The minimum absolute atomic E-state index is 1.08. The van der Waals surface area contributed by atoms with E-state index in [-0.39, 0.29) is 0 Å². The van der Waals surface area contributed by atoms with E-state index in [0.29, 0.717) is 0 Å². The zero-order valence-electron chi connectivity index (χ0n) is 11.5. The van der Waals surface area contributed by atoms with E-state index in [0.717, 1.165) is 5.69 Å². The highest BCUT2D eigenvalue weighted by molar-refractivity contribution is 5.67. The van der Waals surface area contributed by atoms with E-state index < -0.39 is 0 Å².